The number of benzene rings is 1. The molecule has 0 fully saturated rings. The zero-order valence-corrected chi connectivity index (χ0v) is 11.8. The average molecular weight is 282 g/mol. The molecule has 1 aromatic heterocycles. The number of halogens is 1. The minimum Gasteiger partial charge on any atom is -0.327 e. The summed E-state index contributed by atoms with van der Waals surface area (Å²) in [7, 11) is 1.91. The molecule has 0 aliphatic heterocycles. The van der Waals surface area contributed by atoms with E-state index in [1.807, 2.05) is 43.7 Å². The molecule has 1 unspecified atom stereocenters. The molecule has 0 spiro atoms. The normalized spacial score (nSPS) is 12.6. The van der Waals surface area contributed by atoms with Crippen molar-refractivity contribution in [2.24, 2.45) is 12.8 Å². The van der Waals surface area contributed by atoms with Crippen LogP contribution in [0.15, 0.2) is 41.6 Å². The Balaban J connectivity index is 1.83. The van der Waals surface area contributed by atoms with Gasteiger partial charge in [0.25, 0.3) is 0 Å². The van der Waals surface area contributed by atoms with E-state index in [0.717, 1.165) is 22.1 Å². The van der Waals surface area contributed by atoms with Gasteiger partial charge in [0.15, 0.2) is 0 Å². The lowest BCUT2D eigenvalue weighted by Crippen LogP contribution is -2.25. The Morgan fingerprint density at radius 1 is 1.50 bits per heavy atom. The molecule has 2 rings (SSSR count). The van der Waals surface area contributed by atoms with Gasteiger partial charge < -0.3 is 5.73 Å². The van der Waals surface area contributed by atoms with E-state index in [1.54, 1.807) is 16.4 Å². The van der Waals surface area contributed by atoms with Crippen LogP contribution in [0.2, 0.25) is 5.02 Å². The Labute approximate surface area is 116 Å². The van der Waals surface area contributed by atoms with Gasteiger partial charge in [-0.2, -0.15) is 5.10 Å². The third kappa shape index (κ3) is 4.05. The third-order valence-electron chi connectivity index (χ3n) is 2.52. The van der Waals surface area contributed by atoms with E-state index in [1.165, 1.54) is 5.56 Å². The maximum Gasteiger partial charge on any atom is 0.0522 e. The molecule has 2 aromatic rings. The first-order valence-electron chi connectivity index (χ1n) is 5.75. The first-order chi connectivity index (χ1) is 8.63. The highest BCUT2D eigenvalue weighted by Crippen LogP contribution is 2.22. The highest BCUT2D eigenvalue weighted by atomic mass is 35.5. The molecule has 3 nitrogen and oxygen atoms in total. The molecule has 0 radical (unpaired) electrons. The number of rotatable bonds is 5. The molecule has 1 atom stereocenters. The van der Waals surface area contributed by atoms with Crippen LogP contribution in [0, 0.1) is 0 Å². The molecule has 1 aromatic carbocycles. The van der Waals surface area contributed by atoms with Crippen molar-refractivity contribution in [3.63, 3.8) is 0 Å². The molecule has 18 heavy (non-hydrogen) atoms. The molecule has 0 aliphatic rings. The van der Waals surface area contributed by atoms with Gasteiger partial charge in [-0.1, -0.05) is 17.7 Å². The van der Waals surface area contributed by atoms with E-state index in [4.69, 9.17) is 17.3 Å². The quantitative estimate of drug-likeness (QED) is 0.857. The van der Waals surface area contributed by atoms with Crippen molar-refractivity contribution in [1.82, 2.24) is 9.78 Å². The second-order valence-electron chi connectivity index (χ2n) is 4.25. The van der Waals surface area contributed by atoms with Crippen molar-refractivity contribution < 1.29 is 0 Å². The zero-order chi connectivity index (χ0) is 13.0. The van der Waals surface area contributed by atoms with Gasteiger partial charge in [0, 0.05) is 35.0 Å². The van der Waals surface area contributed by atoms with Crippen molar-refractivity contribution in [2.45, 2.75) is 17.4 Å². The summed E-state index contributed by atoms with van der Waals surface area (Å²) in [5.41, 5.74) is 7.29. The standard InChI is InChI=1S/C13H16ClN3S/c1-17-8-10(7-16-17)5-12(15)9-18-13-4-2-3-11(14)6-13/h2-4,6-8,12H,5,9,15H2,1H3. The van der Waals surface area contributed by atoms with E-state index < -0.39 is 0 Å². The Hall–Kier alpha value is -0.970. The smallest absolute Gasteiger partial charge is 0.0522 e. The van der Waals surface area contributed by atoms with Crippen molar-refractivity contribution >= 4 is 23.4 Å². The number of aryl methyl sites for hydroxylation is 1. The lowest BCUT2D eigenvalue weighted by molar-refractivity contribution is 0.743. The molecule has 0 aliphatic carbocycles. The third-order valence-corrected chi connectivity index (χ3v) is 3.93. The number of nitrogens with two attached hydrogens (primary N) is 1. The molecule has 1 heterocycles. The largest absolute Gasteiger partial charge is 0.327 e. The van der Waals surface area contributed by atoms with Crippen LogP contribution in [-0.4, -0.2) is 21.6 Å². The minimum atomic E-state index is 0.123. The first kappa shape index (κ1) is 13.5. The van der Waals surface area contributed by atoms with Crippen LogP contribution in [0.1, 0.15) is 5.56 Å². The Kier molecular flexibility index (Phi) is 4.69. The molecule has 0 bridgehead atoms. The van der Waals surface area contributed by atoms with Gasteiger partial charge >= 0.3 is 0 Å². The zero-order valence-electron chi connectivity index (χ0n) is 10.2. The molecule has 0 saturated carbocycles. The SMILES string of the molecule is Cn1cc(CC(N)CSc2cccc(Cl)c2)cn1. The molecule has 5 heteroatoms. The summed E-state index contributed by atoms with van der Waals surface area (Å²) in [6.45, 7) is 0. The summed E-state index contributed by atoms with van der Waals surface area (Å²) in [5.74, 6) is 0.870. The fourth-order valence-corrected chi connectivity index (χ4v) is 2.86. The second kappa shape index (κ2) is 6.27. The van der Waals surface area contributed by atoms with Crippen molar-refractivity contribution in [1.29, 1.82) is 0 Å². The van der Waals surface area contributed by atoms with Crippen molar-refractivity contribution in [3.05, 3.63) is 47.2 Å². The minimum absolute atomic E-state index is 0.123. The topological polar surface area (TPSA) is 43.8 Å². The predicted molar refractivity (Wildman–Crippen MR) is 77.1 cm³/mol. The lowest BCUT2D eigenvalue weighted by Gasteiger charge is -2.09. The highest BCUT2D eigenvalue weighted by molar-refractivity contribution is 7.99. The molecule has 2 N–H and O–H groups in total. The summed E-state index contributed by atoms with van der Waals surface area (Å²) in [6.07, 6.45) is 4.72. The van der Waals surface area contributed by atoms with Crippen molar-refractivity contribution in [3.8, 4) is 0 Å². The van der Waals surface area contributed by atoms with Gasteiger partial charge in [-0.3, -0.25) is 4.68 Å². The Bertz CT molecular complexity index is 512. The molecular weight excluding hydrogens is 266 g/mol. The fourth-order valence-electron chi connectivity index (χ4n) is 1.70. The highest BCUT2D eigenvalue weighted by Gasteiger charge is 2.06. The van der Waals surface area contributed by atoms with E-state index in [0.29, 0.717) is 0 Å². The molecule has 0 amide bonds. The molecule has 96 valence electrons. The maximum absolute atomic E-state index is 6.11. The van der Waals surface area contributed by atoms with Crippen LogP contribution in [0.5, 0.6) is 0 Å². The predicted octanol–water partition coefficient (Wildman–Crippen LogP) is 2.74. The maximum atomic E-state index is 6.11. The Morgan fingerprint density at radius 2 is 2.33 bits per heavy atom. The van der Waals surface area contributed by atoms with Crippen LogP contribution in [0.4, 0.5) is 0 Å². The van der Waals surface area contributed by atoms with E-state index in [-0.39, 0.29) is 6.04 Å². The van der Waals surface area contributed by atoms with Crippen LogP contribution < -0.4 is 5.73 Å². The molecule has 0 saturated heterocycles. The van der Waals surface area contributed by atoms with Gasteiger partial charge in [-0.05, 0) is 30.2 Å². The second-order valence-corrected chi connectivity index (χ2v) is 5.78. The van der Waals surface area contributed by atoms with Crippen molar-refractivity contribution in [2.75, 3.05) is 5.75 Å². The summed E-state index contributed by atoms with van der Waals surface area (Å²) < 4.78 is 1.80. The van der Waals surface area contributed by atoms with Gasteiger partial charge in [-0.25, -0.2) is 0 Å². The summed E-state index contributed by atoms with van der Waals surface area (Å²) in [4.78, 5) is 1.16. The summed E-state index contributed by atoms with van der Waals surface area (Å²) in [6, 6.07) is 7.97. The van der Waals surface area contributed by atoms with Crippen LogP contribution >= 0.6 is 23.4 Å². The monoisotopic (exact) mass is 281 g/mol. The Morgan fingerprint density at radius 3 is 3.00 bits per heavy atom. The number of nitrogens with zero attached hydrogens (tertiary/aromatic N) is 2. The van der Waals surface area contributed by atoms with Crippen LogP contribution in [-0.2, 0) is 13.5 Å². The first-order valence-corrected chi connectivity index (χ1v) is 7.11. The summed E-state index contributed by atoms with van der Waals surface area (Å²) in [5, 5.41) is 4.90. The van der Waals surface area contributed by atoms with Gasteiger partial charge in [-0.15, -0.1) is 11.8 Å². The van der Waals surface area contributed by atoms with Crippen LogP contribution in [0.25, 0.3) is 0 Å². The van der Waals surface area contributed by atoms with Crippen LogP contribution in [0.3, 0.4) is 0 Å². The average Bonchev–Trinajstić information content (AvgIpc) is 2.72. The van der Waals surface area contributed by atoms with Gasteiger partial charge in [0.1, 0.15) is 0 Å². The van der Waals surface area contributed by atoms with Gasteiger partial charge in [0.2, 0.25) is 0 Å². The number of aromatic nitrogens is 2. The number of hydrogen-bond acceptors (Lipinski definition) is 3. The number of thioether (sulfide) groups is 1. The molecular formula is C13H16ClN3S. The number of hydrogen-bond donors (Lipinski definition) is 1. The summed E-state index contributed by atoms with van der Waals surface area (Å²) >= 11 is 7.67. The lowest BCUT2D eigenvalue weighted by atomic mass is 10.1. The van der Waals surface area contributed by atoms with E-state index in [9.17, 15) is 0 Å². The fraction of sp³-hybridized carbons (Fsp3) is 0.308. The van der Waals surface area contributed by atoms with Gasteiger partial charge in [0.05, 0.1) is 6.20 Å². The van der Waals surface area contributed by atoms with E-state index in [2.05, 4.69) is 5.10 Å². The van der Waals surface area contributed by atoms with E-state index >= 15 is 0 Å².